The molecule has 0 saturated carbocycles. The molecule has 2 aromatic rings. The predicted octanol–water partition coefficient (Wildman–Crippen LogP) is 1.35. The summed E-state index contributed by atoms with van der Waals surface area (Å²) in [6.45, 7) is 0.452. The van der Waals surface area contributed by atoms with Crippen molar-refractivity contribution in [3.63, 3.8) is 0 Å². The Kier molecular flexibility index (Phi) is 3.54. The van der Waals surface area contributed by atoms with Gasteiger partial charge in [-0.25, -0.2) is 4.68 Å². The highest BCUT2D eigenvalue weighted by Gasteiger charge is 2.17. The molecule has 0 atom stereocenters. The second kappa shape index (κ2) is 5.11. The summed E-state index contributed by atoms with van der Waals surface area (Å²) in [7, 11) is 0. The highest BCUT2D eigenvalue weighted by atomic mass is 35.5. The predicted molar refractivity (Wildman–Crippen MR) is 65.1 cm³/mol. The smallest absolute Gasteiger partial charge is 0.275 e. The summed E-state index contributed by atoms with van der Waals surface area (Å²) in [5.74, 6) is 0. The van der Waals surface area contributed by atoms with Gasteiger partial charge in [0, 0.05) is 12.6 Å². The van der Waals surface area contributed by atoms with Crippen molar-refractivity contribution in [1.29, 1.82) is 0 Å². The molecule has 94 valence electrons. The molecule has 1 aromatic heterocycles. The summed E-state index contributed by atoms with van der Waals surface area (Å²) >= 11 is 5.97. The molecule has 2 N–H and O–H groups in total. The molecular weight excluding hydrogens is 258 g/mol. The van der Waals surface area contributed by atoms with E-state index in [2.05, 4.69) is 10.3 Å². The molecular formula is C10H10ClN5O2. The number of benzene rings is 1. The largest absolute Gasteiger partial charge is 0.325 e. The average molecular weight is 268 g/mol. The first-order valence-electron chi connectivity index (χ1n) is 5.12. The molecule has 2 rings (SSSR count). The summed E-state index contributed by atoms with van der Waals surface area (Å²) in [4.78, 5) is 10.4. The Hall–Kier alpha value is -1.99. The highest BCUT2D eigenvalue weighted by molar-refractivity contribution is 6.31. The Morgan fingerprint density at radius 2 is 2.28 bits per heavy atom. The zero-order chi connectivity index (χ0) is 13.1. The van der Waals surface area contributed by atoms with Gasteiger partial charge in [-0.3, -0.25) is 10.1 Å². The first-order chi connectivity index (χ1) is 8.61. The molecule has 0 aliphatic heterocycles. The number of hydrogen-bond acceptors (Lipinski definition) is 5. The standard InChI is InChI=1S/C10H10ClN5O2/c11-9-2-1-3-10(16(17)18)8(9)6-15-5-7(4-12)13-14-15/h1-3,5H,4,6,12H2. The fraction of sp³-hybridized carbons (Fsp3) is 0.200. The fourth-order valence-electron chi connectivity index (χ4n) is 1.55. The van der Waals surface area contributed by atoms with Crippen LogP contribution in [-0.2, 0) is 13.1 Å². The number of halogens is 1. The van der Waals surface area contributed by atoms with Crippen molar-refractivity contribution in [3.05, 3.63) is 50.8 Å². The maximum Gasteiger partial charge on any atom is 0.275 e. The van der Waals surface area contributed by atoms with Gasteiger partial charge in [-0.15, -0.1) is 5.10 Å². The van der Waals surface area contributed by atoms with Gasteiger partial charge in [0.1, 0.15) is 0 Å². The number of nitro benzene ring substituents is 1. The van der Waals surface area contributed by atoms with Crippen LogP contribution in [0.3, 0.4) is 0 Å². The molecule has 7 nitrogen and oxygen atoms in total. The lowest BCUT2D eigenvalue weighted by Gasteiger charge is -2.04. The molecule has 0 aliphatic rings. The molecule has 1 aromatic carbocycles. The van der Waals surface area contributed by atoms with Crippen LogP contribution in [0.15, 0.2) is 24.4 Å². The van der Waals surface area contributed by atoms with Gasteiger partial charge in [-0.05, 0) is 6.07 Å². The minimum absolute atomic E-state index is 0.0349. The average Bonchev–Trinajstić information content (AvgIpc) is 2.79. The minimum Gasteiger partial charge on any atom is -0.325 e. The van der Waals surface area contributed by atoms with E-state index in [0.717, 1.165) is 0 Å². The molecule has 0 bridgehead atoms. The molecule has 0 fully saturated rings. The van der Waals surface area contributed by atoms with Gasteiger partial charge in [0.05, 0.1) is 33.9 Å². The van der Waals surface area contributed by atoms with Gasteiger partial charge in [0.2, 0.25) is 0 Å². The summed E-state index contributed by atoms with van der Waals surface area (Å²) in [6, 6.07) is 4.54. The van der Waals surface area contributed by atoms with Crippen molar-refractivity contribution in [3.8, 4) is 0 Å². The third-order valence-electron chi connectivity index (χ3n) is 2.41. The lowest BCUT2D eigenvalue weighted by atomic mass is 10.2. The monoisotopic (exact) mass is 267 g/mol. The normalized spacial score (nSPS) is 10.6. The third-order valence-corrected chi connectivity index (χ3v) is 2.76. The molecule has 18 heavy (non-hydrogen) atoms. The Balaban J connectivity index is 2.36. The van der Waals surface area contributed by atoms with E-state index in [-0.39, 0.29) is 18.8 Å². The first kappa shape index (κ1) is 12.5. The van der Waals surface area contributed by atoms with E-state index in [0.29, 0.717) is 16.3 Å². The summed E-state index contributed by atoms with van der Waals surface area (Å²) in [6.07, 6.45) is 1.63. The third kappa shape index (κ3) is 2.47. The zero-order valence-electron chi connectivity index (χ0n) is 9.28. The Morgan fingerprint density at radius 1 is 1.50 bits per heavy atom. The topological polar surface area (TPSA) is 99.9 Å². The van der Waals surface area contributed by atoms with Gasteiger partial charge < -0.3 is 5.73 Å². The minimum atomic E-state index is -0.470. The van der Waals surface area contributed by atoms with Crippen LogP contribution in [0.4, 0.5) is 5.69 Å². The number of hydrogen-bond donors (Lipinski definition) is 1. The Bertz CT molecular complexity index is 583. The van der Waals surface area contributed by atoms with Crippen LogP contribution in [0.2, 0.25) is 5.02 Å². The van der Waals surface area contributed by atoms with Crippen molar-refractivity contribution >= 4 is 17.3 Å². The van der Waals surface area contributed by atoms with Gasteiger partial charge >= 0.3 is 0 Å². The van der Waals surface area contributed by atoms with Crippen molar-refractivity contribution in [2.75, 3.05) is 0 Å². The van der Waals surface area contributed by atoms with E-state index in [1.54, 1.807) is 12.3 Å². The van der Waals surface area contributed by atoms with Crippen molar-refractivity contribution < 1.29 is 4.92 Å². The molecule has 0 radical (unpaired) electrons. The van der Waals surface area contributed by atoms with E-state index in [1.807, 2.05) is 0 Å². The van der Waals surface area contributed by atoms with E-state index in [4.69, 9.17) is 17.3 Å². The summed E-state index contributed by atoms with van der Waals surface area (Å²) in [5, 5.41) is 18.9. The lowest BCUT2D eigenvalue weighted by molar-refractivity contribution is -0.385. The summed E-state index contributed by atoms with van der Waals surface area (Å²) < 4.78 is 1.47. The van der Waals surface area contributed by atoms with Gasteiger partial charge in [-0.1, -0.05) is 22.9 Å². The number of rotatable bonds is 4. The van der Waals surface area contributed by atoms with Crippen LogP contribution in [0, 0.1) is 10.1 Å². The first-order valence-corrected chi connectivity index (χ1v) is 5.50. The van der Waals surface area contributed by atoms with Crippen molar-refractivity contribution in [2.24, 2.45) is 5.73 Å². The van der Waals surface area contributed by atoms with Crippen LogP contribution in [-0.4, -0.2) is 19.9 Å². The van der Waals surface area contributed by atoms with Crippen LogP contribution in [0.5, 0.6) is 0 Å². The maximum absolute atomic E-state index is 10.9. The molecule has 0 unspecified atom stereocenters. The van der Waals surface area contributed by atoms with Crippen LogP contribution < -0.4 is 5.73 Å². The summed E-state index contributed by atoms with van der Waals surface area (Å²) in [5.41, 5.74) is 6.40. The number of aromatic nitrogens is 3. The number of nitrogens with two attached hydrogens (primary N) is 1. The van der Waals surface area contributed by atoms with E-state index in [1.165, 1.54) is 16.8 Å². The van der Waals surface area contributed by atoms with Crippen LogP contribution in [0.1, 0.15) is 11.3 Å². The van der Waals surface area contributed by atoms with Crippen LogP contribution >= 0.6 is 11.6 Å². The zero-order valence-corrected chi connectivity index (χ0v) is 10.0. The number of nitro groups is 1. The second-order valence-electron chi connectivity index (χ2n) is 3.61. The van der Waals surface area contributed by atoms with E-state index in [9.17, 15) is 10.1 Å². The highest BCUT2D eigenvalue weighted by Crippen LogP contribution is 2.26. The molecule has 0 saturated heterocycles. The quantitative estimate of drug-likeness (QED) is 0.666. The molecule has 8 heteroatoms. The lowest BCUT2D eigenvalue weighted by Crippen LogP contribution is -2.04. The fourth-order valence-corrected chi connectivity index (χ4v) is 1.78. The maximum atomic E-state index is 10.9. The molecule has 1 heterocycles. The van der Waals surface area contributed by atoms with E-state index < -0.39 is 4.92 Å². The Morgan fingerprint density at radius 3 is 2.89 bits per heavy atom. The van der Waals surface area contributed by atoms with Gasteiger partial charge in [0.25, 0.3) is 5.69 Å². The second-order valence-corrected chi connectivity index (χ2v) is 4.01. The van der Waals surface area contributed by atoms with Gasteiger partial charge in [-0.2, -0.15) is 0 Å². The van der Waals surface area contributed by atoms with Crippen molar-refractivity contribution in [2.45, 2.75) is 13.1 Å². The SMILES string of the molecule is NCc1cn(Cc2c(Cl)cccc2[N+](=O)[O-])nn1. The Labute approximate surface area is 107 Å². The van der Waals surface area contributed by atoms with Crippen molar-refractivity contribution in [1.82, 2.24) is 15.0 Å². The molecule has 0 spiro atoms. The molecule has 0 aliphatic carbocycles. The molecule has 0 amide bonds. The van der Waals surface area contributed by atoms with Crippen LogP contribution in [0.25, 0.3) is 0 Å². The number of nitrogens with zero attached hydrogens (tertiary/aromatic N) is 4. The van der Waals surface area contributed by atoms with Gasteiger partial charge in [0.15, 0.2) is 0 Å². The van der Waals surface area contributed by atoms with E-state index >= 15 is 0 Å².